The van der Waals surface area contributed by atoms with Crippen molar-refractivity contribution in [2.45, 2.75) is 23.8 Å². The van der Waals surface area contributed by atoms with E-state index in [1.807, 2.05) is 0 Å². The number of ether oxygens (including phenoxy) is 1. The number of aromatic nitrogens is 4. The van der Waals surface area contributed by atoms with Gasteiger partial charge in [-0.3, -0.25) is 0 Å². The van der Waals surface area contributed by atoms with Gasteiger partial charge in [-0.25, -0.2) is 0 Å². The summed E-state index contributed by atoms with van der Waals surface area (Å²) in [7, 11) is 0. The molecule has 0 aliphatic rings. The van der Waals surface area contributed by atoms with Crippen LogP contribution in [0, 0.1) is 0 Å². The first-order valence-corrected chi connectivity index (χ1v) is 10.1. The molecule has 0 saturated heterocycles. The summed E-state index contributed by atoms with van der Waals surface area (Å²) in [6.45, 7) is 0.0515. The zero-order valence-electron chi connectivity index (χ0n) is 15.5. The average Bonchev–Trinajstić information content (AvgIpc) is 3.41. The number of rotatable bonds is 7. The Kier molecular flexibility index (Phi) is 6.14. The highest BCUT2D eigenvalue weighted by Crippen LogP contribution is 2.31. The van der Waals surface area contributed by atoms with Gasteiger partial charge in [-0.1, -0.05) is 52.8 Å². The van der Waals surface area contributed by atoms with Gasteiger partial charge in [0.1, 0.15) is 5.75 Å². The second-order valence-electron chi connectivity index (χ2n) is 6.06. The molecule has 0 unspecified atom stereocenters. The highest BCUT2D eigenvalue weighted by molar-refractivity contribution is 7.98. The molecule has 0 fully saturated rings. The minimum absolute atomic E-state index is 0.0515. The molecule has 0 atom stereocenters. The van der Waals surface area contributed by atoms with Crippen LogP contribution in [0.3, 0.4) is 0 Å². The maximum absolute atomic E-state index is 12.7. The third-order valence-electron chi connectivity index (χ3n) is 3.89. The van der Waals surface area contributed by atoms with Crippen LogP contribution in [0.5, 0.6) is 5.75 Å². The lowest BCUT2D eigenvalue weighted by molar-refractivity contribution is -0.137. The number of halogens is 4. The van der Waals surface area contributed by atoms with Crippen molar-refractivity contribution in [1.29, 1.82) is 0 Å². The lowest BCUT2D eigenvalue weighted by Gasteiger charge is -2.05. The predicted octanol–water partition coefficient (Wildman–Crippen LogP) is 5.66. The van der Waals surface area contributed by atoms with Gasteiger partial charge >= 0.3 is 6.18 Å². The normalized spacial score (nSPS) is 11.6. The Morgan fingerprint density at radius 2 is 1.77 bits per heavy atom. The van der Waals surface area contributed by atoms with E-state index in [9.17, 15) is 13.2 Å². The van der Waals surface area contributed by atoms with Crippen LogP contribution in [0.15, 0.2) is 62.7 Å². The number of hydrogen-bond acceptors (Lipinski definition) is 8. The van der Waals surface area contributed by atoms with E-state index in [0.717, 1.165) is 12.1 Å². The number of thioether (sulfide) groups is 1. The molecule has 0 aliphatic heterocycles. The molecule has 4 aromatic rings. The minimum atomic E-state index is -4.40. The first kappa shape index (κ1) is 21.2. The summed E-state index contributed by atoms with van der Waals surface area (Å²) in [5, 5.41) is 12.3. The van der Waals surface area contributed by atoms with Crippen molar-refractivity contribution in [1.82, 2.24) is 20.3 Å². The summed E-state index contributed by atoms with van der Waals surface area (Å²) in [5.41, 5.74) is -0.342. The summed E-state index contributed by atoms with van der Waals surface area (Å²) in [6.07, 6.45) is -4.40. The van der Waals surface area contributed by atoms with Gasteiger partial charge in [-0.2, -0.15) is 18.2 Å². The van der Waals surface area contributed by atoms with Crippen molar-refractivity contribution in [2.75, 3.05) is 0 Å². The molecule has 0 bridgehead atoms. The van der Waals surface area contributed by atoms with E-state index >= 15 is 0 Å². The van der Waals surface area contributed by atoms with Crippen LogP contribution in [0.4, 0.5) is 13.2 Å². The molecule has 2 heterocycles. The maximum Gasteiger partial charge on any atom is 0.416 e. The summed E-state index contributed by atoms with van der Waals surface area (Å²) in [4.78, 5) is 4.17. The molecular formula is C19H12ClF3N4O3S. The molecular weight excluding hydrogens is 457 g/mol. The topological polar surface area (TPSA) is 87.1 Å². The summed E-state index contributed by atoms with van der Waals surface area (Å²) in [5.74, 6) is 1.44. The number of nitrogens with zero attached hydrogens (tertiary/aromatic N) is 4. The lowest BCUT2D eigenvalue weighted by Crippen LogP contribution is -2.04. The van der Waals surface area contributed by atoms with E-state index in [-0.39, 0.29) is 35.2 Å². The third-order valence-corrected chi connectivity index (χ3v) is 5.01. The number of alkyl halides is 3. The number of para-hydroxylation sites is 1. The molecule has 4 rings (SSSR count). The monoisotopic (exact) mass is 468 g/mol. The van der Waals surface area contributed by atoms with Crippen molar-refractivity contribution in [3.63, 3.8) is 0 Å². The van der Waals surface area contributed by atoms with Gasteiger partial charge in [0.15, 0.2) is 6.61 Å². The van der Waals surface area contributed by atoms with Crippen LogP contribution in [0.2, 0.25) is 5.02 Å². The largest absolute Gasteiger partial charge is 0.482 e. The Labute approximate surface area is 182 Å². The molecule has 7 nitrogen and oxygen atoms in total. The molecule has 160 valence electrons. The average molecular weight is 469 g/mol. The van der Waals surface area contributed by atoms with Crippen LogP contribution < -0.4 is 4.74 Å². The van der Waals surface area contributed by atoms with E-state index in [4.69, 9.17) is 25.3 Å². The van der Waals surface area contributed by atoms with Gasteiger partial charge in [0.05, 0.1) is 16.3 Å². The Balaban J connectivity index is 1.32. The summed E-state index contributed by atoms with van der Waals surface area (Å²) >= 11 is 7.18. The SMILES string of the molecule is FC(F)(F)c1ccc(-c2noc(CSc3nnc(COc4ccccc4Cl)o3)n2)cc1. The van der Waals surface area contributed by atoms with Crippen molar-refractivity contribution in [2.24, 2.45) is 0 Å². The molecule has 0 spiro atoms. The standard InChI is InChI=1S/C19H12ClF3N4O3S/c20-13-3-1-2-4-14(13)28-9-15-25-26-18(29-15)31-10-16-24-17(27-30-16)11-5-7-12(8-6-11)19(21,22)23/h1-8H,9-10H2. The second-order valence-corrected chi connectivity index (χ2v) is 7.39. The van der Waals surface area contributed by atoms with E-state index in [0.29, 0.717) is 16.3 Å². The minimum Gasteiger partial charge on any atom is -0.482 e. The fourth-order valence-electron chi connectivity index (χ4n) is 2.42. The Morgan fingerprint density at radius 1 is 1.00 bits per heavy atom. The lowest BCUT2D eigenvalue weighted by atomic mass is 10.1. The molecule has 31 heavy (non-hydrogen) atoms. The van der Waals surface area contributed by atoms with E-state index in [2.05, 4.69) is 20.3 Å². The quantitative estimate of drug-likeness (QED) is 0.321. The summed E-state index contributed by atoms with van der Waals surface area (Å²) < 4.78 is 54.1. The molecule has 0 amide bonds. The Bertz CT molecular complexity index is 1160. The van der Waals surface area contributed by atoms with Gasteiger partial charge in [0.2, 0.25) is 11.7 Å². The zero-order valence-corrected chi connectivity index (χ0v) is 17.0. The highest BCUT2D eigenvalue weighted by atomic mass is 35.5. The molecule has 2 aromatic heterocycles. The maximum atomic E-state index is 12.7. The van der Waals surface area contributed by atoms with E-state index in [1.165, 1.54) is 23.9 Å². The van der Waals surface area contributed by atoms with Crippen molar-refractivity contribution < 1.29 is 26.8 Å². The fraction of sp³-hybridized carbons (Fsp3) is 0.158. The second kappa shape index (κ2) is 8.98. The van der Waals surface area contributed by atoms with Gasteiger partial charge in [0.25, 0.3) is 11.1 Å². The predicted molar refractivity (Wildman–Crippen MR) is 104 cm³/mol. The van der Waals surface area contributed by atoms with Crippen LogP contribution in [-0.4, -0.2) is 20.3 Å². The first-order chi connectivity index (χ1) is 14.9. The smallest absolute Gasteiger partial charge is 0.416 e. The molecule has 0 radical (unpaired) electrons. The fourth-order valence-corrected chi connectivity index (χ4v) is 3.23. The Hall–Kier alpha value is -3.05. The van der Waals surface area contributed by atoms with Crippen LogP contribution >= 0.6 is 23.4 Å². The van der Waals surface area contributed by atoms with Gasteiger partial charge < -0.3 is 13.7 Å². The van der Waals surface area contributed by atoms with E-state index < -0.39 is 11.7 Å². The van der Waals surface area contributed by atoms with Crippen molar-refractivity contribution in [3.05, 3.63) is 70.9 Å². The molecule has 0 N–H and O–H groups in total. The van der Waals surface area contributed by atoms with Crippen molar-refractivity contribution >= 4 is 23.4 Å². The molecule has 0 saturated carbocycles. The number of hydrogen-bond donors (Lipinski definition) is 0. The van der Waals surface area contributed by atoms with Gasteiger partial charge in [0, 0.05) is 5.56 Å². The van der Waals surface area contributed by atoms with Crippen LogP contribution in [-0.2, 0) is 18.5 Å². The Morgan fingerprint density at radius 3 is 2.52 bits per heavy atom. The first-order valence-electron chi connectivity index (χ1n) is 8.71. The van der Waals surface area contributed by atoms with Crippen LogP contribution in [0.1, 0.15) is 17.3 Å². The molecule has 0 aliphatic carbocycles. The highest BCUT2D eigenvalue weighted by Gasteiger charge is 2.30. The van der Waals surface area contributed by atoms with Crippen molar-refractivity contribution in [3.8, 4) is 17.1 Å². The summed E-state index contributed by atoms with van der Waals surface area (Å²) in [6, 6.07) is 11.5. The molecule has 12 heteroatoms. The van der Waals surface area contributed by atoms with E-state index in [1.54, 1.807) is 24.3 Å². The van der Waals surface area contributed by atoms with Gasteiger partial charge in [-0.05, 0) is 24.3 Å². The van der Waals surface area contributed by atoms with Crippen LogP contribution in [0.25, 0.3) is 11.4 Å². The molecule has 2 aromatic carbocycles. The van der Waals surface area contributed by atoms with Gasteiger partial charge in [-0.15, -0.1) is 10.2 Å². The zero-order chi connectivity index (χ0) is 21.8. The number of benzene rings is 2. The third kappa shape index (κ3) is 5.36.